The fourth-order valence-corrected chi connectivity index (χ4v) is 4.18. The molecule has 0 unspecified atom stereocenters. The summed E-state index contributed by atoms with van der Waals surface area (Å²) < 4.78 is 14.7. The van der Waals surface area contributed by atoms with Crippen molar-refractivity contribution in [1.82, 2.24) is 9.80 Å². The van der Waals surface area contributed by atoms with E-state index >= 15 is 0 Å². The molecule has 4 nitrogen and oxygen atoms in total. The second kappa shape index (κ2) is 8.21. The highest BCUT2D eigenvalue weighted by Gasteiger charge is 2.24. The number of carbonyl (C=O) groups is 2. The number of Topliss-reactive ketones (excluding diaryl/α,β-unsaturated/α-hetero) is 1. The van der Waals surface area contributed by atoms with Crippen molar-refractivity contribution in [2.24, 2.45) is 0 Å². The normalized spacial score (nSPS) is 15.4. The van der Waals surface area contributed by atoms with Crippen LogP contribution < -0.4 is 0 Å². The van der Waals surface area contributed by atoms with Crippen molar-refractivity contribution >= 4 is 39.0 Å². The van der Waals surface area contributed by atoms with Gasteiger partial charge in [0.1, 0.15) is 5.82 Å². The molecule has 2 aromatic rings. The van der Waals surface area contributed by atoms with Crippen molar-refractivity contribution in [1.29, 1.82) is 0 Å². The zero-order chi connectivity index (χ0) is 17.8. The van der Waals surface area contributed by atoms with Crippen LogP contribution in [0.2, 0.25) is 0 Å². The SMILES string of the molecule is O=C(CCN1CCN(C(=O)c2ccccc2F)CC1)c1ccc(Br)s1. The van der Waals surface area contributed by atoms with Crippen molar-refractivity contribution < 1.29 is 14.0 Å². The highest BCUT2D eigenvalue weighted by molar-refractivity contribution is 9.11. The zero-order valence-electron chi connectivity index (χ0n) is 13.6. The number of hydrogen-bond acceptors (Lipinski definition) is 4. The van der Waals surface area contributed by atoms with Gasteiger partial charge < -0.3 is 4.90 Å². The van der Waals surface area contributed by atoms with Gasteiger partial charge >= 0.3 is 0 Å². The van der Waals surface area contributed by atoms with E-state index in [1.165, 1.54) is 23.5 Å². The van der Waals surface area contributed by atoms with Gasteiger partial charge in [-0.15, -0.1) is 11.3 Å². The Balaban J connectivity index is 1.48. The van der Waals surface area contributed by atoms with Gasteiger partial charge in [-0.1, -0.05) is 12.1 Å². The molecule has 1 aliphatic heterocycles. The topological polar surface area (TPSA) is 40.6 Å². The predicted molar refractivity (Wildman–Crippen MR) is 99.7 cm³/mol. The number of ketones is 1. The van der Waals surface area contributed by atoms with Gasteiger partial charge in [0.05, 0.1) is 14.2 Å². The van der Waals surface area contributed by atoms with Crippen LogP contribution in [-0.4, -0.2) is 54.2 Å². The number of piperazine rings is 1. The van der Waals surface area contributed by atoms with Crippen LogP contribution in [0.4, 0.5) is 4.39 Å². The van der Waals surface area contributed by atoms with Gasteiger partial charge in [0, 0.05) is 39.1 Å². The van der Waals surface area contributed by atoms with Crippen molar-refractivity contribution in [3.8, 4) is 0 Å². The van der Waals surface area contributed by atoms with Gasteiger partial charge in [-0.3, -0.25) is 14.5 Å². The van der Waals surface area contributed by atoms with Crippen LogP contribution >= 0.6 is 27.3 Å². The molecular formula is C18H18BrFN2O2S. The Labute approximate surface area is 158 Å². The Morgan fingerprint density at radius 3 is 2.44 bits per heavy atom. The summed E-state index contributed by atoms with van der Waals surface area (Å²) in [5.74, 6) is -0.611. The monoisotopic (exact) mass is 424 g/mol. The van der Waals surface area contributed by atoms with Gasteiger partial charge in [0.15, 0.2) is 5.78 Å². The average molecular weight is 425 g/mol. The van der Waals surface area contributed by atoms with E-state index < -0.39 is 5.82 Å². The Morgan fingerprint density at radius 1 is 1.08 bits per heavy atom. The second-order valence-corrected chi connectivity index (χ2v) is 8.35. The molecule has 25 heavy (non-hydrogen) atoms. The number of amides is 1. The summed E-state index contributed by atoms with van der Waals surface area (Å²) in [4.78, 5) is 29.2. The predicted octanol–water partition coefficient (Wildman–Crippen LogP) is 3.68. The van der Waals surface area contributed by atoms with Crippen LogP contribution in [0.25, 0.3) is 0 Å². The van der Waals surface area contributed by atoms with Gasteiger partial charge in [-0.05, 0) is 40.2 Å². The first-order valence-corrected chi connectivity index (χ1v) is 9.70. The minimum absolute atomic E-state index is 0.120. The second-order valence-electron chi connectivity index (χ2n) is 5.89. The third-order valence-corrected chi connectivity index (χ3v) is 5.93. The number of benzene rings is 1. The Kier molecular flexibility index (Phi) is 5.98. The van der Waals surface area contributed by atoms with Crippen molar-refractivity contribution in [3.63, 3.8) is 0 Å². The van der Waals surface area contributed by atoms with E-state index in [1.54, 1.807) is 17.0 Å². The molecule has 1 fully saturated rings. The zero-order valence-corrected chi connectivity index (χ0v) is 16.0. The lowest BCUT2D eigenvalue weighted by Crippen LogP contribution is -2.49. The van der Waals surface area contributed by atoms with Crippen molar-refractivity contribution in [3.05, 3.63) is 56.4 Å². The third kappa shape index (κ3) is 4.54. The molecule has 0 saturated carbocycles. The quantitative estimate of drug-likeness (QED) is 0.687. The fourth-order valence-electron chi connectivity index (χ4n) is 2.83. The summed E-state index contributed by atoms with van der Waals surface area (Å²) in [5, 5.41) is 0. The maximum absolute atomic E-state index is 13.7. The van der Waals surface area contributed by atoms with Crippen LogP contribution in [0.3, 0.4) is 0 Å². The molecule has 0 N–H and O–H groups in total. The van der Waals surface area contributed by atoms with Crippen LogP contribution in [0.1, 0.15) is 26.5 Å². The molecule has 7 heteroatoms. The highest BCUT2D eigenvalue weighted by Crippen LogP contribution is 2.23. The van der Waals surface area contributed by atoms with E-state index in [0.29, 0.717) is 39.1 Å². The number of thiophene rings is 1. The van der Waals surface area contributed by atoms with Crippen LogP contribution in [0.5, 0.6) is 0 Å². The lowest BCUT2D eigenvalue weighted by Gasteiger charge is -2.34. The molecule has 1 aromatic heterocycles. The molecule has 0 spiro atoms. The van der Waals surface area contributed by atoms with Gasteiger partial charge in [-0.25, -0.2) is 4.39 Å². The maximum Gasteiger partial charge on any atom is 0.256 e. The highest BCUT2D eigenvalue weighted by atomic mass is 79.9. The molecule has 2 heterocycles. The number of rotatable bonds is 5. The van der Waals surface area contributed by atoms with Crippen molar-refractivity contribution in [2.45, 2.75) is 6.42 Å². The fraction of sp³-hybridized carbons (Fsp3) is 0.333. The first kappa shape index (κ1) is 18.2. The molecule has 132 valence electrons. The standard InChI is InChI=1S/C18H18BrFN2O2S/c19-17-6-5-16(25-17)15(23)7-8-21-9-11-22(12-10-21)18(24)13-3-1-2-4-14(13)20/h1-6H,7-12H2. The van der Waals surface area contributed by atoms with E-state index in [9.17, 15) is 14.0 Å². The van der Waals surface area contributed by atoms with Crippen LogP contribution in [-0.2, 0) is 0 Å². The lowest BCUT2D eigenvalue weighted by atomic mass is 10.1. The van der Waals surface area contributed by atoms with Gasteiger partial charge in [0.25, 0.3) is 5.91 Å². The maximum atomic E-state index is 13.7. The average Bonchev–Trinajstić information content (AvgIpc) is 3.06. The molecule has 0 atom stereocenters. The number of hydrogen-bond donors (Lipinski definition) is 0. The number of carbonyl (C=O) groups excluding carboxylic acids is 2. The summed E-state index contributed by atoms with van der Waals surface area (Å²) in [6, 6.07) is 9.78. The summed E-state index contributed by atoms with van der Waals surface area (Å²) in [6.45, 7) is 3.16. The Morgan fingerprint density at radius 2 is 1.80 bits per heavy atom. The Bertz CT molecular complexity index is 772. The van der Waals surface area contributed by atoms with E-state index in [-0.39, 0.29) is 17.3 Å². The summed E-state index contributed by atoms with van der Waals surface area (Å²) in [5.41, 5.74) is 0.120. The molecule has 0 radical (unpaired) electrons. The summed E-state index contributed by atoms with van der Waals surface area (Å²) in [7, 11) is 0. The molecule has 1 amide bonds. The van der Waals surface area contributed by atoms with Crippen LogP contribution in [0, 0.1) is 5.82 Å². The Hall–Kier alpha value is -1.57. The molecule has 1 aromatic carbocycles. The van der Waals surface area contributed by atoms with E-state index in [2.05, 4.69) is 20.8 Å². The molecule has 0 bridgehead atoms. The number of halogens is 2. The first-order chi connectivity index (χ1) is 12.0. The molecule has 3 rings (SSSR count). The van der Waals surface area contributed by atoms with Gasteiger partial charge in [0.2, 0.25) is 0 Å². The van der Waals surface area contributed by atoms with E-state index in [4.69, 9.17) is 0 Å². The smallest absolute Gasteiger partial charge is 0.256 e. The van der Waals surface area contributed by atoms with E-state index in [0.717, 1.165) is 8.66 Å². The first-order valence-electron chi connectivity index (χ1n) is 8.09. The largest absolute Gasteiger partial charge is 0.336 e. The summed E-state index contributed by atoms with van der Waals surface area (Å²) >= 11 is 4.81. The minimum atomic E-state index is -0.484. The van der Waals surface area contributed by atoms with E-state index in [1.807, 2.05) is 12.1 Å². The number of nitrogens with zero attached hydrogens (tertiary/aromatic N) is 2. The minimum Gasteiger partial charge on any atom is -0.336 e. The van der Waals surface area contributed by atoms with Crippen molar-refractivity contribution in [2.75, 3.05) is 32.7 Å². The van der Waals surface area contributed by atoms with Crippen LogP contribution in [0.15, 0.2) is 40.2 Å². The molecule has 1 saturated heterocycles. The third-order valence-electron chi connectivity index (χ3n) is 4.27. The molecule has 1 aliphatic rings. The molecule has 0 aliphatic carbocycles. The molecular weight excluding hydrogens is 407 g/mol. The van der Waals surface area contributed by atoms with Gasteiger partial charge in [-0.2, -0.15) is 0 Å². The summed E-state index contributed by atoms with van der Waals surface area (Å²) in [6.07, 6.45) is 0.466. The lowest BCUT2D eigenvalue weighted by molar-refractivity contribution is 0.0624.